The van der Waals surface area contributed by atoms with Gasteiger partial charge in [0.2, 0.25) is 5.95 Å². The fourth-order valence-corrected chi connectivity index (χ4v) is 5.58. The average Bonchev–Trinajstić information content (AvgIpc) is 3.27. The Morgan fingerprint density at radius 3 is 2.52 bits per heavy atom. The number of carbonyl (C=O) groups excluding carboxylic acids is 1. The minimum absolute atomic E-state index is 0.0507. The third kappa shape index (κ3) is 4.64. The van der Waals surface area contributed by atoms with Crippen molar-refractivity contribution in [2.24, 2.45) is 5.92 Å². The van der Waals surface area contributed by atoms with E-state index in [1.165, 1.54) is 0 Å². The zero-order valence-corrected chi connectivity index (χ0v) is 19.9. The van der Waals surface area contributed by atoms with Crippen LogP contribution in [-0.2, 0) is 0 Å². The molecule has 2 heterocycles. The van der Waals surface area contributed by atoms with Crippen LogP contribution in [0, 0.1) is 5.92 Å². The minimum atomic E-state index is 0.0507. The van der Waals surface area contributed by atoms with Gasteiger partial charge in [-0.2, -0.15) is 4.98 Å². The van der Waals surface area contributed by atoms with Gasteiger partial charge in [-0.05, 0) is 49.8 Å². The van der Waals surface area contributed by atoms with Gasteiger partial charge < -0.3 is 15.5 Å². The molecule has 2 aromatic heterocycles. The molecule has 1 aliphatic carbocycles. The molecule has 6 nitrogen and oxygen atoms in total. The molecule has 2 aromatic carbocycles. The first-order valence-corrected chi connectivity index (χ1v) is 12.4. The van der Waals surface area contributed by atoms with Crippen LogP contribution in [0.5, 0.6) is 0 Å². The Balaban J connectivity index is 1.16. The predicted molar refractivity (Wildman–Crippen MR) is 137 cm³/mol. The first-order chi connectivity index (χ1) is 16.1. The standard InChI is InChI=1S/C26H29N5OS/c1-31(2)24-20-8-3-5-9-22(20)29-26(30-24)27-15-17-11-13-18(14-12-17)28-25(32)21-16-33-23-10-6-4-7-19(21)23/h3-10,16-18H,11-15H2,1-2H3,(H,28,32)(H,27,29,30). The van der Waals surface area contributed by atoms with Crippen molar-refractivity contribution in [3.63, 3.8) is 0 Å². The highest BCUT2D eigenvalue weighted by atomic mass is 32.1. The van der Waals surface area contributed by atoms with Crippen molar-refractivity contribution in [1.29, 1.82) is 0 Å². The van der Waals surface area contributed by atoms with Crippen molar-refractivity contribution in [3.8, 4) is 0 Å². The highest BCUT2D eigenvalue weighted by molar-refractivity contribution is 7.17. The number of para-hydroxylation sites is 1. The molecule has 7 heteroatoms. The number of aromatic nitrogens is 2. The number of hydrogen-bond donors (Lipinski definition) is 2. The molecule has 2 N–H and O–H groups in total. The zero-order valence-electron chi connectivity index (χ0n) is 19.0. The summed E-state index contributed by atoms with van der Waals surface area (Å²) >= 11 is 1.63. The van der Waals surface area contributed by atoms with Crippen LogP contribution < -0.4 is 15.5 Å². The van der Waals surface area contributed by atoms with E-state index in [1.807, 2.05) is 60.8 Å². The molecule has 0 saturated heterocycles. The van der Waals surface area contributed by atoms with E-state index in [0.717, 1.165) is 64.6 Å². The lowest BCUT2D eigenvalue weighted by Crippen LogP contribution is -2.38. The maximum Gasteiger partial charge on any atom is 0.252 e. The number of carbonyl (C=O) groups is 1. The molecule has 4 aromatic rings. The van der Waals surface area contributed by atoms with Gasteiger partial charge in [0.1, 0.15) is 5.82 Å². The molecule has 1 saturated carbocycles. The van der Waals surface area contributed by atoms with E-state index in [9.17, 15) is 4.79 Å². The van der Waals surface area contributed by atoms with Crippen LogP contribution in [0.2, 0.25) is 0 Å². The van der Waals surface area contributed by atoms with Gasteiger partial charge in [-0.25, -0.2) is 4.98 Å². The predicted octanol–water partition coefficient (Wildman–Crippen LogP) is 5.31. The molecule has 33 heavy (non-hydrogen) atoms. The van der Waals surface area contributed by atoms with Crippen LogP contribution in [0.4, 0.5) is 11.8 Å². The van der Waals surface area contributed by atoms with Gasteiger partial charge in [0.15, 0.2) is 0 Å². The molecule has 1 fully saturated rings. The highest BCUT2D eigenvalue weighted by Gasteiger charge is 2.24. The maximum absolute atomic E-state index is 12.8. The third-order valence-electron chi connectivity index (χ3n) is 6.46. The van der Waals surface area contributed by atoms with Crippen LogP contribution in [0.15, 0.2) is 53.9 Å². The smallest absolute Gasteiger partial charge is 0.252 e. The molecule has 0 bridgehead atoms. The molecule has 170 valence electrons. The number of nitrogens with zero attached hydrogens (tertiary/aromatic N) is 3. The number of fused-ring (bicyclic) bond motifs is 2. The van der Waals surface area contributed by atoms with E-state index in [4.69, 9.17) is 9.97 Å². The number of benzene rings is 2. The summed E-state index contributed by atoms with van der Waals surface area (Å²) in [6.45, 7) is 0.848. The molecule has 1 amide bonds. The van der Waals surface area contributed by atoms with Crippen LogP contribution in [-0.4, -0.2) is 42.6 Å². The first kappa shape index (κ1) is 21.6. The molecular formula is C26H29N5OS. The lowest BCUT2D eigenvalue weighted by Gasteiger charge is -2.29. The Hall–Kier alpha value is -3.19. The van der Waals surface area contributed by atoms with Crippen LogP contribution in [0.1, 0.15) is 36.0 Å². The Morgan fingerprint density at radius 2 is 1.73 bits per heavy atom. The molecule has 0 atom stereocenters. The second-order valence-corrected chi connectivity index (χ2v) is 9.91. The Kier molecular flexibility index (Phi) is 6.13. The monoisotopic (exact) mass is 459 g/mol. The molecule has 0 aliphatic heterocycles. The number of rotatable bonds is 6. The summed E-state index contributed by atoms with van der Waals surface area (Å²) in [7, 11) is 4.01. The third-order valence-corrected chi connectivity index (χ3v) is 7.43. The SMILES string of the molecule is CN(C)c1nc(NCC2CCC(NC(=O)c3csc4ccccc34)CC2)nc2ccccc12. The summed E-state index contributed by atoms with van der Waals surface area (Å²) in [5.74, 6) is 2.21. The first-order valence-electron chi connectivity index (χ1n) is 11.5. The van der Waals surface area contributed by atoms with Crippen LogP contribution in [0.25, 0.3) is 21.0 Å². The van der Waals surface area contributed by atoms with Crippen molar-refractivity contribution in [1.82, 2.24) is 15.3 Å². The summed E-state index contributed by atoms with van der Waals surface area (Å²) in [6.07, 6.45) is 4.16. The van der Waals surface area contributed by atoms with Gasteiger partial charge in [-0.3, -0.25) is 4.79 Å². The fraction of sp³-hybridized carbons (Fsp3) is 0.346. The summed E-state index contributed by atoms with van der Waals surface area (Å²) in [6, 6.07) is 16.4. The number of nitrogens with one attached hydrogen (secondary N) is 2. The second-order valence-electron chi connectivity index (χ2n) is 9.00. The van der Waals surface area contributed by atoms with Gasteiger partial charge in [0.05, 0.1) is 11.1 Å². The van der Waals surface area contributed by atoms with E-state index in [-0.39, 0.29) is 11.9 Å². The maximum atomic E-state index is 12.8. The summed E-state index contributed by atoms with van der Waals surface area (Å²) < 4.78 is 1.16. The van der Waals surface area contributed by atoms with Crippen molar-refractivity contribution in [2.75, 3.05) is 30.9 Å². The molecular weight excluding hydrogens is 430 g/mol. The van der Waals surface area contributed by atoms with E-state index in [0.29, 0.717) is 11.9 Å². The molecule has 0 radical (unpaired) electrons. The quantitative estimate of drug-likeness (QED) is 0.409. The van der Waals surface area contributed by atoms with Crippen molar-refractivity contribution < 1.29 is 4.79 Å². The molecule has 1 aliphatic rings. The van der Waals surface area contributed by atoms with Gasteiger partial charge in [-0.1, -0.05) is 30.3 Å². The summed E-state index contributed by atoms with van der Waals surface area (Å²) in [4.78, 5) is 24.3. The van der Waals surface area contributed by atoms with E-state index < -0.39 is 0 Å². The van der Waals surface area contributed by atoms with Crippen molar-refractivity contribution >= 4 is 50.0 Å². The fourth-order valence-electron chi connectivity index (χ4n) is 4.64. The van der Waals surface area contributed by atoms with E-state index >= 15 is 0 Å². The molecule has 0 spiro atoms. The van der Waals surface area contributed by atoms with E-state index in [2.05, 4.69) is 22.8 Å². The number of thiophene rings is 1. The van der Waals surface area contributed by atoms with Gasteiger partial charge >= 0.3 is 0 Å². The van der Waals surface area contributed by atoms with Crippen molar-refractivity contribution in [2.45, 2.75) is 31.7 Å². The topological polar surface area (TPSA) is 70.2 Å². The lowest BCUT2D eigenvalue weighted by molar-refractivity contribution is 0.0925. The number of anilines is 2. The van der Waals surface area contributed by atoms with Gasteiger partial charge in [0, 0.05) is 47.5 Å². The highest BCUT2D eigenvalue weighted by Crippen LogP contribution is 2.29. The average molecular weight is 460 g/mol. The Labute approximate surface area is 198 Å². The Bertz CT molecular complexity index is 1280. The second kappa shape index (κ2) is 9.35. The van der Waals surface area contributed by atoms with E-state index in [1.54, 1.807) is 11.3 Å². The normalized spacial score (nSPS) is 18.4. The summed E-state index contributed by atoms with van der Waals surface area (Å²) in [5.41, 5.74) is 1.75. The van der Waals surface area contributed by atoms with Crippen LogP contribution >= 0.6 is 11.3 Å². The van der Waals surface area contributed by atoms with Crippen molar-refractivity contribution in [3.05, 3.63) is 59.5 Å². The van der Waals surface area contributed by atoms with Crippen LogP contribution in [0.3, 0.4) is 0 Å². The summed E-state index contributed by atoms with van der Waals surface area (Å²) in [5, 5.41) is 10.8. The number of amides is 1. The molecule has 0 unspecified atom stereocenters. The minimum Gasteiger partial charge on any atom is -0.362 e. The van der Waals surface area contributed by atoms with Gasteiger partial charge in [-0.15, -0.1) is 11.3 Å². The molecule has 5 rings (SSSR count). The largest absolute Gasteiger partial charge is 0.362 e. The zero-order chi connectivity index (χ0) is 22.8. The van der Waals surface area contributed by atoms with Gasteiger partial charge in [0.25, 0.3) is 5.91 Å². The lowest BCUT2D eigenvalue weighted by atomic mass is 9.86. The number of hydrogen-bond acceptors (Lipinski definition) is 6. The Morgan fingerprint density at radius 1 is 1.00 bits per heavy atom.